The molecule has 15 heteroatoms. The lowest BCUT2D eigenvalue weighted by atomic mass is 9.95. The largest absolute Gasteiger partial charge is 0.487 e. The number of primary amides is 1. The van der Waals surface area contributed by atoms with E-state index in [0.29, 0.717) is 30.6 Å². The van der Waals surface area contributed by atoms with Gasteiger partial charge in [-0.25, -0.2) is 4.98 Å². The van der Waals surface area contributed by atoms with Gasteiger partial charge in [-0.3, -0.25) is 34.7 Å². The van der Waals surface area contributed by atoms with E-state index in [1.165, 1.54) is 6.20 Å². The topological polar surface area (TPSA) is 217 Å². The summed E-state index contributed by atoms with van der Waals surface area (Å²) in [6.07, 6.45) is 9.74. The fourth-order valence-corrected chi connectivity index (χ4v) is 4.01. The van der Waals surface area contributed by atoms with Crippen molar-refractivity contribution in [1.29, 1.82) is 0 Å². The fraction of sp³-hybridized carbons (Fsp3) is 0.176. The van der Waals surface area contributed by atoms with Crippen LogP contribution in [0.15, 0.2) is 97.8 Å². The highest BCUT2D eigenvalue weighted by Crippen LogP contribution is 2.21. The van der Waals surface area contributed by atoms with E-state index < -0.39 is 17.3 Å². The number of aliphatic carboxylic acids is 1. The van der Waals surface area contributed by atoms with E-state index in [9.17, 15) is 9.59 Å². The van der Waals surface area contributed by atoms with Gasteiger partial charge in [0.25, 0.3) is 5.91 Å². The minimum atomic E-state index is -0.990. The molecule has 6 heterocycles. The molecule has 6 aromatic rings. The normalized spacial score (nSPS) is 10.8. The smallest absolute Gasteiger partial charge is 0.312 e. The minimum absolute atomic E-state index is 0.0264. The predicted octanol–water partition coefficient (Wildman–Crippen LogP) is 4.48. The zero-order valence-electron chi connectivity index (χ0n) is 26.6. The summed E-state index contributed by atoms with van der Waals surface area (Å²) in [5, 5.41) is 22.6. The van der Waals surface area contributed by atoms with Crippen LogP contribution < -0.4 is 19.9 Å². The number of nitrogens with one attached hydrogen (secondary N) is 2. The molecule has 0 unspecified atom stereocenters. The van der Waals surface area contributed by atoms with Crippen LogP contribution in [-0.4, -0.2) is 63.9 Å². The molecule has 6 rings (SSSR count). The van der Waals surface area contributed by atoms with Crippen LogP contribution in [0.3, 0.4) is 0 Å². The molecule has 0 aliphatic heterocycles. The summed E-state index contributed by atoms with van der Waals surface area (Å²) in [5.41, 5.74) is 9.31. The van der Waals surface area contributed by atoms with Gasteiger partial charge in [0.15, 0.2) is 0 Å². The molecular formula is C34H33N9O6. The van der Waals surface area contributed by atoms with Gasteiger partial charge in [-0.2, -0.15) is 10.2 Å². The summed E-state index contributed by atoms with van der Waals surface area (Å²) < 4.78 is 16.9. The number of carbonyl (C=O) groups is 2. The van der Waals surface area contributed by atoms with Gasteiger partial charge in [-0.15, -0.1) is 0 Å². The number of ether oxygens (including phenoxy) is 3. The summed E-state index contributed by atoms with van der Waals surface area (Å²) in [5.74, 6) is 0.129. The summed E-state index contributed by atoms with van der Waals surface area (Å²) in [4.78, 5) is 38.8. The molecule has 49 heavy (non-hydrogen) atoms. The van der Waals surface area contributed by atoms with Crippen molar-refractivity contribution in [1.82, 2.24) is 40.3 Å². The molecule has 0 aliphatic carbocycles. The number of nitrogens with zero attached hydrogens (tertiary/aromatic N) is 6. The quantitative estimate of drug-likeness (QED) is 0.134. The lowest BCUT2D eigenvalue weighted by molar-refractivity contribution is -0.148. The van der Waals surface area contributed by atoms with Crippen molar-refractivity contribution in [3.8, 4) is 40.2 Å². The zero-order chi connectivity index (χ0) is 34.6. The zero-order valence-corrected chi connectivity index (χ0v) is 26.6. The number of amides is 1. The Labute approximate surface area is 280 Å². The molecule has 1 amide bonds. The van der Waals surface area contributed by atoms with Crippen molar-refractivity contribution in [2.24, 2.45) is 11.1 Å². The number of hydrogen-bond acceptors (Lipinski definition) is 11. The molecule has 0 fully saturated rings. The van der Waals surface area contributed by atoms with E-state index >= 15 is 0 Å². The average Bonchev–Trinajstić information content (AvgIpc) is 3.86. The SMILES string of the molecule is CC(C)(COc1cc(COc2ccc(-c3ccn[nH]3)nc2)ccn1)C(=O)O.NC(=O)c1cc(COc2ccc(-c3ccn[nH]3)nc2)ccn1. The second kappa shape index (κ2) is 15.8. The Kier molecular flexibility index (Phi) is 10.9. The maximum atomic E-state index is 11.1. The second-order valence-electron chi connectivity index (χ2n) is 11.2. The van der Waals surface area contributed by atoms with Gasteiger partial charge in [0, 0.05) is 30.9 Å². The highest BCUT2D eigenvalue weighted by Gasteiger charge is 2.28. The maximum absolute atomic E-state index is 11.1. The van der Waals surface area contributed by atoms with Gasteiger partial charge in [-0.1, -0.05) is 0 Å². The Morgan fingerprint density at radius 3 is 1.73 bits per heavy atom. The van der Waals surface area contributed by atoms with Crippen LogP contribution >= 0.6 is 0 Å². The maximum Gasteiger partial charge on any atom is 0.312 e. The molecule has 0 saturated carbocycles. The number of hydrogen-bond donors (Lipinski definition) is 4. The summed E-state index contributed by atoms with van der Waals surface area (Å²) in [6, 6.07) is 17.9. The monoisotopic (exact) mass is 663 g/mol. The van der Waals surface area contributed by atoms with Crippen LogP contribution in [0, 0.1) is 5.41 Å². The number of nitrogens with two attached hydrogens (primary N) is 1. The number of carboxylic acid groups (broad SMARTS) is 1. The molecular weight excluding hydrogens is 630 g/mol. The first-order valence-electron chi connectivity index (χ1n) is 14.9. The van der Waals surface area contributed by atoms with E-state index in [2.05, 4.69) is 40.3 Å². The molecule has 0 bridgehead atoms. The lowest BCUT2D eigenvalue weighted by Crippen LogP contribution is -2.30. The van der Waals surface area contributed by atoms with Crippen molar-refractivity contribution in [2.75, 3.05) is 6.61 Å². The van der Waals surface area contributed by atoms with Crippen molar-refractivity contribution in [3.05, 3.63) is 115 Å². The van der Waals surface area contributed by atoms with E-state index in [1.54, 1.807) is 63.0 Å². The molecule has 5 N–H and O–H groups in total. The third-order valence-electron chi connectivity index (χ3n) is 6.87. The molecule has 250 valence electrons. The summed E-state index contributed by atoms with van der Waals surface area (Å²) >= 11 is 0. The standard InChI is InChI=1S/C19H20N4O4.C15H13N5O2/c1-19(2,18(24)25)12-27-17-9-13(5-7-20-17)11-26-14-3-4-15(21-10-14)16-6-8-22-23-16;16-15(21)14-7-10(3-5-17-14)9-22-11-1-2-12(18-8-11)13-4-6-19-20-13/h3-10H,11-12H2,1-2H3,(H,22,23)(H,24,25);1-8H,9H2,(H2,16,21)(H,19,20). The summed E-state index contributed by atoms with van der Waals surface area (Å²) in [6.45, 7) is 3.84. The Hall–Kier alpha value is -6.64. The predicted molar refractivity (Wildman–Crippen MR) is 176 cm³/mol. The average molecular weight is 664 g/mol. The third-order valence-corrected chi connectivity index (χ3v) is 6.87. The third kappa shape index (κ3) is 9.68. The first-order chi connectivity index (χ1) is 23.7. The van der Waals surface area contributed by atoms with Gasteiger partial charge in [-0.05, 0) is 79.6 Å². The molecule has 0 atom stereocenters. The van der Waals surface area contributed by atoms with Gasteiger partial charge < -0.3 is 25.1 Å². The molecule has 0 saturated heterocycles. The number of pyridine rings is 4. The van der Waals surface area contributed by atoms with E-state index in [0.717, 1.165) is 33.9 Å². The van der Waals surface area contributed by atoms with Crippen LogP contribution in [0.2, 0.25) is 0 Å². The molecule has 0 aromatic carbocycles. The van der Waals surface area contributed by atoms with Gasteiger partial charge in [0.2, 0.25) is 5.88 Å². The highest BCUT2D eigenvalue weighted by molar-refractivity contribution is 5.90. The fourth-order valence-electron chi connectivity index (χ4n) is 4.01. The van der Waals surface area contributed by atoms with Crippen molar-refractivity contribution in [3.63, 3.8) is 0 Å². The first-order valence-corrected chi connectivity index (χ1v) is 14.9. The van der Waals surface area contributed by atoms with E-state index in [-0.39, 0.29) is 12.3 Å². The molecule has 0 radical (unpaired) electrons. The van der Waals surface area contributed by atoms with Crippen molar-refractivity contribution < 1.29 is 28.9 Å². The van der Waals surface area contributed by atoms with Gasteiger partial charge in [0.1, 0.15) is 37.0 Å². The lowest BCUT2D eigenvalue weighted by Gasteiger charge is -2.19. The Morgan fingerprint density at radius 2 is 1.27 bits per heavy atom. The Balaban J connectivity index is 0.000000195. The van der Waals surface area contributed by atoms with Crippen molar-refractivity contribution in [2.45, 2.75) is 27.1 Å². The van der Waals surface area contributed by atoms with Gasteiger partial charge >= 0.3 is 5.97 Å². The van der Waals surface area contributed by atoms with Crippen LogP contribution in [0.25, 0.3) is 22.8 Å². The second-order valence-corrected chi connectivity index (χ2v) is 11.2. The van der Waals surface area contributed by atoms with Crippen LogP contribution in [0.1, 0.15) is 35.5 Å². The molecule has 15 nitrogen and oxygen atoms in total. The molecule has 6 aromatic heterocycles. The van der Waals surface area contributed by atoms with Crippen molar-refractivity contribution >= 4 is 11.9 Å². The van der Waals surface area contributed by atoms with E-state index in [4.69, 9.17) is 25.1 Å². The Morgan fingerprint density at radius 1 is 0.714 bits per heavy atom. The molecule has 0 aliphatic rings. The van der Waals surface area contributed by atoms with Crippen LogP contribution in [0.5, 0.6) is 17.4 Å². The number of H-pyrrole nitrogens is 2. The highest BCUT2D eigenvalue weighted by atomic mass is 16.5. The number of rotatable bonds is 13. The van der Waals surface area contributed by atoms with Crippen LogP contribution in [-0.2, 0) is 18.0 Å². The number of carboxylic acids is 1. The van der Waals surface area contributed by atoms with Gasteiger partial charge in [0.05, 0.1) is 40.6 Å². The number of aromatic amines is 2. The summed E-state index contributed by atoms with van der Waals surface area (Å²) in [7, 11) is 0. The minimum Gasteiger partial charge on any atom is -0.487 e. The number of aromatic nitrogens is 8. The number of carbonyl (C=O) groups excluding carboxylic acids is 1. The molecule has 0 spiro atoms. The van der Waals surface area contributed by atoms with Crippen LogP contribution in [0.4, 0.5) is 0 Å². The Bertz CT molecular complexity index is 1950. The van der Waals surface area contributed by atoms with E-state index in [1.807, 2.05) is 42.5 Å². The first kappa shape index (κ1) is 33.7.